The molecule has 4 rings (SSSR count). The highest BCUT2D eigenvalue weighted by Gasteiger charge is 2.54. The first-order valence-corrected chi connectivity index (χ1v) is 13.3. The summed E-state index contributed by atoms with van der Waals surface area (Å²) >= 11 is 4.02. The quantitative estimate of drug-likeness (QED) is 0.241. The molecule has 1 aromatic heterocycles. The molecule has 11 nitrogen and oxygen atoms in total. The molecule has 2 unspecified atom stereocenters. The SMILES string of the molecule is CCOC(=O)c1ccc(C(O)C(=O)NC2C(=O)N3C(C(=O)O)=C(CSc4nncs4)CS[C@H]23)cc1. The Morgan fingerprint density at radius 3 is 2.69 bits per heavy atom. The highest BCUT2D eigenvalue weighted by Crippen LogP contribution is 2.41. The van der Waals surface area contributed by atoms with Gasteiger partial charge in [-0.25, -0.2) is 9.59 Å². The van der Waals surface area contributed by atoms with Gasteiger partial charge in [0.2, 0.25) is 0 Å². The number of ether oxygens (including phenoxy) is 1. The van der Waals surface area contributed by atoms with Crippen molar-refractivity contribution >= 4 is 58.6 Å². The molecule has 1 aromatic carbocycles. The van der Waals surface area contributed by atoms with Gasteiger partial charge in [0.25, 0.3) is 11.8 Å². The first kappa shape index (κ1) is 25.2. The number of carbonyl (C=O) groups is 4. The van der Waals surface area contributed by atoms with Crippen LogP contribution in [0.15, 0.2) is 45.4 Å². The van der Waals surface area contributed by atoms with Crippen molar-refractivity contribution in [2.24, 2.45) is 0 Å². The van der Waals surface area contributed by atoms with Gasteiger partial charge in [-0.15, -0.1) is 22.0 Å². The molecule has 2 aromatic rings. The Bertz CT molecular complexity index is 1170. The maximum absolute atomic E-state index is 12.8. The van der Waals surface area contributed by atoms with E-state index in [0.717, 1.165) is 0 Å². The summed E-state index contributed by atoms with van der Waals surface area (Å²) in [4.78, 5) is 50.3. The number of benzene rings is 1. The summed E-state index contributed by atoms with van der Waals surface area (Å²) in [5, 5.41) is 29.8. The van der Waals surface area contributed by atoms with Gasteiger partial charge in [-0.2, -0.15) is 0 Å². The second-order valence-corrected chi connectivity index (χ2v) is 10.6. The minimum Gasteiger partial charge on any atom is -0.477 e. The number of thioether (sulfide) groups is 2. The zero-order valence-corrected chi connectivity index (χ0v) is 20.7. The van der Waals surface area contributed by atoms with Crippen molar-refractivity contribution < 1.29 is 34.1 Å². The number of aromatic nitrogens is 2. The number of fused-ring (bicyclic) bond motifs is 1. The molecule has 0 saturated carbocycles. The van der Waals surface area contributed by atoms with Crippen LogP contribution in [0.5, 0.6) is 0 Å². The molecule has 2 aliphatic rings. The number of amides is 2. The first-order valence-electron chi connectivity index (χ1n) is 10.4. The minimum atomic E-state index is -1.57. The van der Waals surface area contributed by atoms with Crippen LogP contribution in [-0.2, 0) is 19.1 Å². The van der Waals surface area contributed by atoms with Gasteiger partial charge in [0.15, 0.2) is 10.4 Å². The minimum absolute atomic E-state index is 0.0867. The van der Waals surface area contributed by atoms with E-state index < -0.39 is 41.3 Å². The Labute approximate surface area is 211 Å². The Balaban J connectivity index is 1.41. The number of nitrogens with zero attached hydrogens (tertiary/aromatic N) is 3. The summed E-state index contributed by atoms with van der Waals surface area (Å²) in [6, 6.07) is 4.75. The van der Waals surface area contributed by atoms with E-state index in [4.69, 9.17) is 4.74 Å². The Morgan fingerprint density at radius 2 is 2.06 bits per heavy atom. The van der Waals surface area contributed by atoms with Gasteiger partial charge in [-0.05, 0) is 30.2 Å². The fourth-order valence-corrected chi connectivity index (χ4v) is 6.54. The fourth-order valence-electron chi connectivity index (χ4n) is 3.57. The molecule has 35 heavy (non-hydrogen) atoms. The summed E-state index contributed by atoms with van der Waals surface area (Å²) in [7, 11) is 0. The molecule has 14 heteroatoms. The lowest BCUT2D eigenvalue weighted by molar-refractivity contribution is -0.151. The van der Waals surface area contributed by atoms with E-state index in [9.17, 15) is 29.4 Å². The molecule has 0 bridgehead atoms. The van der Waals surface area contributed by atoms with Crippen LogP contribution in [0.1, 0.15) is 28.9 Å². The summed E-state index contributed by atoms with van der Waals surface area (Å²) in [5.41, 5.74) is 2.59. The average Bonchev–Trinajstić information content (AvgIpc) is 3.38. The summed E-state index contributed by atoms with van der Waals surface area (Å²) in [5.74, 6) is -2.38. The van der Waals surface area contributed by atoms with Crippen LogP contribution >= 0.6 is 34.9 Å². The third kappa shape index (κ3) is 5.19. The van der Waals surface area contributed by atoms with E-state index in [1.807, 2.05) is 0 Å². The summed E-state index contributed by atoms with van der Waals surface area (Å²) < 4.78 is 5.60. The number of rotatable bonds is 9. The van der Waals surface area contributed by atoms with Crippen LogP contribution in [0, 0.1) is 0 Å². The van der Waals surface area contributed by atoms with Crippen LogP contribution in [0.4, 0.5) is 0 Å². The van der Waals surface area contributed by atoms with Gasteiger partial charge in [-0.3, -0.25) is 14.5 Å². The zero-order chi connectivity index (χ0) is 25.1. The topological polar surface area (TPSA) is 159 Å². The molecular formula is C21H20N4O7S3. The Hall–Kier alpha value is -2.94. The van der Waals surface area contributed by atoms with E-state index in [-0.39, 0.29) is 23.4 Å². The molecule has 0 aliphatic carbocycles. The van der Waals surface area contributed by atoms with Gasteiger partial charge < -0.3 is 20.3 Å². The van der Waals surface area contributed by atoms with Gasteiger partial charge in [0.05, 0.1) is 12.2 Å². The van der Waals surface area contributed by atoms with Crippen molar-refractivity contribution in [3.8, 4) is 0 Å². The van der Waals surface area contributed by atoms with Crippen molar-refractivity contribution in [2.75, 3.05) is 18.1 Å². The number of carboxylic acid groups (broad SMARTS) is 1. The number of aliphatic hydroxyl groups excluding tert-OH is 1. The lowest BCUT2D eigenvalue weighted by Gasteiger charge is -2.49. The van der Waals surface area contributed by atoms with Crippen LogP contribution in [0.2, 0.25) is 0 Å². The van der Waals surface area contributed by atoms with Crippen molar-refractivity contribution in [3.63, 3.8) is 0 Å². The van der Waals surface area contributed by atoms with Crippen molar-refractivity contribution in [3.05, 3.63) is 52.2 Å². The van der Waals surface area contributed by atoms with Gasteiger partial charge >= 0.3 is 11.9 Å². The standard InChI is InChI=1S/C21H20N4O7S3/c1-2-32-20(31)11-5-3-10(4-6-11)15(26)16(27)23-13-17(28)25-14(19(29)30)12(7-33-18(13)25)8-34-21-24-22-9-35-21/h3-6,9,13,15,18,26H,2,7-8H2,1H3,(H,23,27)(H,29,30)/t13?,15?,18-/m1/s1. The van der Waals surface area contributed by atoms with Crippen LogP contribution in [0.3, 0.4) is 0 Å². The lowest BCUT2D eigenvalue weighted by atomic mass is 10.0. The zero-order valence-electron chi connectivity index (χ0n) is 18.2. The van der Waals surface area contributed by atoms with Crippen LogP contribution < -0.4 is 5.32 Å². The molecule has 0 spiro atoms. The number of carboxylic acids is 1. The normalized spacial score (nSPS) is 20.1. The molecule has 3 heterocycles. The molecule has 184 valence electrons. The first-order chi connectivity index (χ1) is 16.8. The van der Waals surface area contributed by atoms with Gasteiger partial charge in [0.1, 0.15) is 22.6 Å². The van der Waals surface area contributed by atoms with Gasteiger partial charge in [-0.1, -0.05) is 35.2 Å². The molecule has 0 radical (unpaired) electrons. The number of hydrogen-bond acceptors (Lipinski definition) is 11. The third-order valence-corrected chi connectivity index (χ3v) is 8.53. The van der Waals surface area contributed by atoms with Crippen molar-refractivity contribution in [1.82, 2.24) is 20.4 Å². The number of aliphatic hydroxyl groups is 1. The van der Waals surface area contributed by atoms with Crippen LogP contribution in [-0.4, -0.2) is 78.6 Å². The van der Waals surface area contributed by atoms with E-state index >= 15 is 0 Å². The van der Waals surface area contributed by atoms with Crippen LogP contribution in [0.25, 0.3) is 0 Å². The van der Waals surface area contributed by atoms with E-state index in [1.54, 1.807) is 12.4 Å². The summed E-state index contributed by atoms with van der Waals surface area (Å²) in [6.07, 6.45) is -1.57. The highest BCUT2D eigenvalue weighted by molar-refractivity contribution is 8.01. The molecule has 1 fully saturated rings. The lowest BCUT2D eigenvalue weighted by Crippen LogP contribution is -2.70. The number of β-lactam (4-membered cyclic amide) rings is 1. The predicted octanol–water partition coefficient (Wildman–Crippen LogP) is 1.28. The fraction of sp³-hybridized carbons (Fsp3) is 0.333. The van der Waals surface area contributed by atoms with E-state index in [0.29, 0.717) is 21.4 Å². The maximum Gasteiger partial charge on any atom is 0.352 e. The molecule has 3 N–H and O–H groups in total. The van der Waals surface area contributed by atoms with E-state index in [2.05, 4.69) is 15.5 Å². The van der Waals surface area contributed by atoms with E-state index in [1.165, 1.54) is 64.0 Å². The molecule has 2 amide bonds. The molecule has 3 atom stereocenters. The largest absolute Gasteiger partial charge is 0.477 e. The third-order valence-electron chi connectivity index (χ3n) is 5.24. The highest BCUT2D eigenvalue weighted by atomic mass is 32.2. The summed E-state index contributed by atoms with van der Waals surface area (Å²) in [6.45, 7) is 1.91. The van der Waals surface area contributed by atoms with Gasteiger partial charge in [0, 0.05) is 11.5 Å². The maximum atomic E-state index is 12.8. The number of nitrogens with one attached hydrogen (secondary N) is 1. The van der Waals surface area contributed by atoms with Crippen molar-refractivity contribution in [2.45, 2.75) is 28.8 Å². The molecule has 1 saturated heterocycles. The number of aliphatic carboxylic acids is 1. The Kier molecular flexibility index (Phi) is 7.74. The average molecular weight is 537 g/mol. The smallest absolute Gasteiger partial charge is 0.352 e. The number of esters is 1. The second-order valence-electron chi connectivity index (χ2n) is 7.39. The number of carbonyl (C=O) groups excluding carboxylic acids is 3. The molecule has 2 aliphatic heterocycles. The molecular weight excluding hydrogens is 516 g/mol. The predicted molar refractivity (Wildman–Crippen MR) is 128 cm³/mol. The monoisotopic (exact) mass is 536 g/mol. The Morgan fingerprint density at radius 1 is 1.31 bits per heavy atom. The van der Waals surface area contributed by atoms with Crippen molar-refractivity contribution in [1.29, 1.82) is 0 Å². The second kappa shape index (κ2) is 10.8. The number of hydrogen-bond donors (Lipinski definition) is 3.